The van der Waals surface area contributed by atoms with Gasteiger partial charge in [0.05, 0.1) is 12.1 Å². The minimum Gasteiger partial charge on any atom is -0.480 e. The molecular weight excluding hydrogens is 364 g/mol. The fraction of sp³-hybridized carbons (Fsp3) is 0.778. The number of carboxylic acids is 1. The van der Waals surface area contributed by atoms with E-state index in [2.05, 4.69) is 4.99 Å². The molecule has 10 nitrogen and oxygen atoms in total. The molecule has 0 aliphatic heterocycles. The molecule has 0 saturated heterocycles. The van der Waals surface area contributed by atoms with Gasteiger partial charge in [-0.1, -0.05) is 27.7 Å². The Morgan fingerprint density at radius 3 is 1.86 bits per heavy atom. The lowest BCUT2D eigenvalue weighted by molar-refractivity contribution is -0.160. The molecule has 9 N–H and O–H groups in total. The molecule has 28 heavy (non-hydrogen) atoms. The summed E-state index contributed by atoms with van der Waals surface area (Å²) >= 11 is 0. The average molecular weight is 401 g/mol. The van der Waals surface area contributed by atoms with E-state index in [9.17, 15) is 19.5 Å². The summed E-state index contributed by atoms with van der Waals surface area (Å²) in [5.41, 5.74) is 22.4. The number of guanidine groups is 1. The number of carbonyl (C=O) groups excluding carboxylic acids is 2. The molecule has 0 fully saturated rings. The zero-order chi connectivity index (χ0) is 22.0. The largest absolute Gasteiger partial charge is 0.480 e. The molecule has 3 atom stereocenters. The minimum atomic E-state index is -1.32. The maximum absolute atomic E-state index is 12.9. The Morgan fingerprint density at radius 1 is 0.929 bits per heavy atom. The van der Waals surface area contributed by atoms with Crippen LogP contribution in [0.25, 0.3) is 0 Å². The molecule has 10 heteroatoms. The van der Waals surface area contributed by atoms with E-state index in [0.717, 1.165) is 4.90 Å². The van der Waals surface area contributed by atoms with Crippen molar-refractivity contribution in [2.75, 3.05) is 6.54 Å². The summed E-state index contributed by atoms with van der Waals surface area (Å²) in [4.78, 5) is 42.2. The van der Waals surface area contributed by atoms with Gasteiger partial charge in [0.1, 0.15) is 6.04 Å². The van der Waals surface area contributed by atoms with E-state index in [-0.39, 0.29) is 37.2 Å². The lowest BCUT2D eigenvalue weighted by Gasteiger charge is -2.32. The van der Waals surface area contributed by atoms with Crippen LogP contribution in [0, 0.1) is 11.8 Å². The molecule has 0 bridgehead atoms. The maximum Gasteiger partial charge on any atom is 0.326 e. The van der Waals surface area contributed by atoms with Gasteiger partial charge in [-0.15, -0.1) is 0 Å². The number of aliphatic imine (C=N–C) groups is 1. The second kappa shape index (κ2) is 12.3. The zero-order valence-corrected chi connectivity index (χ0v) is 17.3. The van der Waals surface area contributed by atoms with Crippen LogP contribution < -0.4 is 22.9 Å². The summed E-state index contributed by atoms with van der Waals surface area (Å²) in [5.74, 6) is -2.74. The molecule has 2 amide bonds. The number of hydrogen-bond acceptors (Lipinski definition) is 6. The number of aliphatic carboxylic acids is 1. The molecule has 162 valence electrons. The van der Waals surface area contributed by atoms with Gasteiger partial charge in [0, 0.05) is 6.54 Å². The van der Waals surface area contributed by atoms with Gasteiger partial charge in [-0.25, -0.2) is 4.79 Å². The van der Waals surface area contributed by atoms with Gasteiger partial charge in [-0.05, 0) is 37.5 Å². The number of carbonyl (C=O) groups is 3. The summed E-state index contributed by atoms with van der Waals surface area (Å²) in [7, 11) is 0. The summed E-state index contributed by atoms with van der Waals surface area (Å²) in [6.45, 7) is 7.67. The first-order valence-electron chi connectivity index (χ1n) is 9.54. The molecule has 0 aromatic heterocycles. The molecule has 0 aromatic rings. The first kappa shape index (κ1) is 25.8. The van der Waals surface area contributed by atoms with Crippen LogP contribution in [0.4, 0.5) is 0 Å². The highest BCUT2D eigenvalue weighted by Crippen LogP contribution is 2.17. The molecule has 3 unspecified atom stereocenters. The summed E-state index contributed by atoms with van der Waals surface area (Å²) in [6, 6.07) is -3.35. The van der Waals surface area contributed by atoms with Crippen molar-refractivity contribution < 1.29 is 19.5 Å². The van der Waals surface area contributed by atoms with E-state index in [0.29, 0.717) is 12.8 Å². The maximum atomic E-state index is 12.9. The lowest BCUT2D eigenvalue weighted by Crippen LogP contribution is -2.58. The van der Waals surface area contributed by atoms with E-state index < -0.39 is 35.9 Å². The molecule has 0 saturated carbocycles. The third kappa shape index (κ3) is 9.14. The number of hydrogen-bond donors (Lipinski definition) is 5. The third-order valence-corrected chi connectivity index (χ3v) is 4.09. The Kier molecular flexibility index (Phi) is 11.3. The van der Waals surface area contributed by atoms with Gasteiger partial charge in [0.25, 0.3) is 0 Å². The number of amides is 2. The summed E-state index contributed by atoms with van der Waals surface area (Å²) in [6.07, 6.45) is 1.05. The van der Waals surface area contributed by atoms with Crippen LogP contribution >= 0.6 is 0 Å². The standard InChI is InChI=1S/C18H36N6O4/c1-10(2)8-13(20)16(26)24(14(17(27)28)9-11(3)4)15(25)12(19)6-5-7-23-18(21)22/h10-14H,5-9,19-20H2,1-4H3,(H,27,28)(H4,21,22,23). The predicted molar refractivity (Wildman–Crippen MR) is 108 cm³/mol. The van der Waals surface area contributed by atoms with Crippen LogP contribution in [0.1, 0.15) is 53.4 Å². The van der Waals surface area contributed by atoms with Crippen molar-refractivity contribution in [3.63, 3.8) is 0 Å². The van der Waals surface area contributed by atoms with Gasteiger partial charge in [-0.3, -0.25) is 19.5 Å². The van der Waals surface area contributed by atoms with Crippen LogP contribution in [0.15, 0.2) is 4.99 Å². The zero-order valence-electron chi connectivity index (χ0n) is 17.3. The van der Waals surface area contributed by atoms with Crippen molar-refractivity contribution in [2.24, 2.45) is 39.8 Å². The Balaban J connectivity index is 5.55. The van der Waals surface area contributed by atoms with Gasteiger partial charge >= 0.3 is 5.97 Å². The van der Waals surface area contributed by atoms with Crippen LogP contribution in [0.3, 0.4) is 0 Å². The SMILES string of the molecule is CC(C)CC(N)C(=O)N(C(=O)C(N)CCCN=C(N)N)C(CC(C)C)C(=O)O. The monoisotopic (exact) mass is 400 g/mol. The predicted octanol–water partition coefficient (Wildman–Crippen LogP) is -0.405. The topological polar surface area (TPSA) is 191 Å². The van der Waals surface area contributed by atoms with Crippen molar-refractivity contribution >= 4 is 23.7 Å². The highest BCUT2D eigenvalue weighted by molar-refractivity contribution is 6.03. The number of nitrogens with zero attached hydrogens (tertiary/aromatic N) is 2. The number of carboxylic acid groups (broad SMARTS) is 1. The fourth-order valence-electron chi connectivity index (χ4n) is 2.79. The molecule has 0 heterocycles. The smallest absolute Gasteiger partial charge is 0.326 e. The van der Waals surface area contributed by atoms with E-state index in [1.807, 2.05) is 27.7 Å². The summed E-state index contributed by atoms with van der Waals surface area (Å²) in [5, 5.41) is 9.64. The van der Waals surface area contributed by atoms with E-state index in [1.165, 1.54) is 0 Å². The van der Waals surface area contributed by atoms with E-state index >= 15 is 0 Å². The van der Waals surface area contributed by atoms with Crippen molar-refractivity contribution in [3.05, 3.63) is 0 Å². The normalized spacial score (nSPS) is 14.4. The van der Waals surface area contributed by atoms with Crippen molar-refractivity contribution in [1.82, 2.24) is 4.90 Å². The highest BCUT2D eigenvalue weighted by Gasteiger charge is 2.39. The Labute approximate surface area is 166 Å². The second-order valence-electron chi connectivity index (χ2n) is 7.82. The summed E-state index contributed by atoms with van der Waals surface area (Å²) < 4.78 is 0. The van der Waals surface area contributed by atoms with Gasteiger partial charge in [0.15, 0.2) is 5.96 Å². The van der Waals surface area contributed by atoms with Crippen molar-refractivity contribution in [3.8, 4) is 0 Å². The quantitative estimate of drug-likeness (QED) is 0.166. The van der Waals surface area contributed by atoms with E-state index in [1.54, 1.807) is 0 Å². The fourth-order valence-corrected chi connectivity index (χ4v) is 2.79. The first-order chi connectivity index (χ1) is 12.9. The molecular formula is C18H36N6O4. The third-order valence-electron chi connectivity index (χ3n) is 4.09. The Bertz CT molecular complexity index is 560. The molecule has 0 radical (unpaired) electrons. The van der Waals surface area contributed by atoms with Gasteiger partial charge < -0.3 is 28.0 Å². The van der Waals surface area contributed by atoms with E-state index in [4.69, 9.17) is 22.9 Å². The Hall–Kier alpha value is -2.20. The van der Waals surface area contributed by atoms with Gasteiger partial charge in [0.2, 0.25) is 11.8 Å². The van der Waals surface area contributed by atoms with Gasteiger partial charge in [-0.2, -0.15) is 0 Å². The second-order valence-corrected chi connectivity index (χ2v) is 7.82. The molecule has 0 rings (SSSR count). The molecule has 0 spiro atoms. The van der Waals surface area contributed by atoms with Crippen molar-refractivity contribution in [1.29, 1.82) is 0 Å². The van der Waals surface area contributed by atoms with Crippen molar-refractivity contribution in [2.45, 2.75) is 71.5 Å². The minimum absolute atomic E-state index is 0.0522. The number of rotatable bonds is 12. The van der Waals surface area contributed by atoms with Crippen LogP contribution in [-0.2, 0) is 14.4 Å². The molecule has 0 aliphatic carbocycles. The highest BCUT2D eigenvalue weighted by atomic mass is 16.4. The lowest BCUT2D eigenvalue weighted by atomic mass is 9.98. The number of nitrogens with two attached hydrogens (primary N) is 4. The van der Waals surface area contributed by atoms with Crippen LogP contribution in [0.2, 0.25) is 0 Å². The average Bonchev–Trinajstić information content (AvgIpc) is 2.56. The number of imide groups is 1. The Morgan fingerprint density at radius 2 is 1.43 bits per heavy atom. The molecule has 0 aliphatic rings. The first-order valence-corrected chi connectivity index (χ1v) is 9.54. The van der Waals surface area contributed by atoms with Crippen LogP contribution in [0.5, 0.6) is 0 Å². The molecule has 0 aromatic carbocycles. The van der Waals surface area contributed by atoms with Crippen LogP contribution in [-0.4, -0.2) is 58.4 Å².